The molecule has 0 spiro atoms. The molecule has 12 heavy (non-hydrogen) atoms. The van der Waals surface area contributed by atoms with E-state index in [0.29, 0.717) is 9.99 Å². The zero-order valence-corrected chi connectivity index (χ0v) is 8.76. The van der Waals surface area contributed by atoms with Gasteiger partial charge in [0.2, 0.25) is 0 Å². The minimum absolute atomic E-state index is 0.0542. The van der Waals surface area contributed by atoms with E-state index in [1.54, 1.807) is 12.1 Å². The summed E-state index contributed by atoms with van der Waals surface area (Å²) in [5.74, 6) is -0.201. The van der Waals surface area contributed by atoms with Crippen molar-refractivity contribution in [2.45, 2.75) is 13.3 Å². The van der Waals surface area contributed by atoms with Gasteiger partial charge in [-0.25, -0.2) is 4.39 Å². The topological polar surface area (TPSA) is 17.1 Å². The normalized spacial score (nSPS) is 9.92. The predicted octanol–water partition coefficient (Wildman–Crippen LogP) is 2.56. The number of carbonyl (C=O) groups is 1. The lowest BCUT2D eigenvalue weighted by molar-refractivity contribution is -0.116. The molecule has 64 valence electrons. The van der Waals surface area contributed by atoms with Crippen LogP contribution in [0, 0.1) is 9.39 Å². The maximum atomic E-state index is 12.9. The van der Waals surface area contributed by atoms with Gasteiger partial charge in [-0.3, -0.25) is 4.79 Å². The van der Waals surface area contributed by atoms with E-state index >= 15 is 0 Å². The van der Waals surface area contributed by atoms with Crippen LogP contribution in [0.1, 0.15) is 12.5 Å². The van der Waals surface area contributed by atoms with Crippen molar-refractivity contribution in [3.63, 3.8) is 0 Å². The van der Waals surface area contributed by atoms with E-state index in [1.165, 1.54) is 13.0 Å². The second-order valence-electron chi connectivity index (χ2n) is 2.59. The van der Waals surface area contributed by atoms with Gasteiger partial charge in [0.15, 0.2) is 0 Å². The SMILES string of the molecule is CC(=O)Cc1cccc(F)c1I. The summed E-state index contributed by atoms with van der Waals surface area (Å²) in [6, 6.07) is 4.79. The van der Waals surface area contributed by atoms with Crippen molar-refractivity contribution in [2.24, 2.45) is 0 Å². The van der Waals surface area contributed by atoms with Crippen molar-refractivity contribution in [2.75, 3.05) is 0 Å². The highest BCUT2D eigenvalue weighted by molar-refractivity contribution is 14.1. The fraction of sp³-hybridized carbons (Fsp3) is 0.222. The number of benzene rings is 1. The summed E-state index contributed by atoms with van der Waals surface area (Å²) in [5, 5.41) is 0. The Morgan fingerprint density at radius 3 is 2.83 bits per heavy atom. The summed E-state index contributed by atoms with van der Waals surface area (Å²) < 4.78 is 13.5. The molecule has 0 amide bonds. The summed E-state index contributed by atoms with van der Waals surface area (Å²) in [4.78, 5) is 10.8. The Bertz CT molecular complexity index is 309. The summed E-state index contributed by atoms with van der Waals surface area (Å²) in [6.07, 6.45) is 0.316. The molecule has 1 aromatic rings. The summed E-state index contributed by atoms with van der Waals surface area (Å²) in [5.41, 5.74) is 0.767. The smallest absolute Gasteiger partial charge is 0.136 e. The molecular weight excluding hydrogens is 270 g/mol. The van der Waals surface area contributed by atoms with Gasteiger partial charge in [0.1, 0.15) is 11.6 Å². The number of rotatable bonds is 2. The minimum Gasteiger partial charge on any atom is -0.300 e. The standard InChI is InChI=1S/C9H8FIO/c1-6(12)5-7-3-2-4-8(10)9(7)11/h2-4H,5H2,1H3. The quantitative estimate of drug-likeness (QED) is 0.760. The fourth-order valence-electron chi connectivity index (χ4n) is 0.953. The van der Waals surface area contributed by atoms with Crippen LogP contribution in [0.2, 0.25) is 0 Å². The number of ketones is 1. The van der Waals surface area contributed by atoms with E-state index in [2.05, 4.69) is 0 Å². The van der Waals surface area contributed by atoms with E-state index in [0.717, 1.165) is 5.56 Å². The first-order valence-corrected chi connectivity index (χ1v) is 4.61. The third-order valence-electron chi connectivity index (χ3n) is 1.47. The molecule has 0 atom stereocenters. The highest BCUT2D eigenvalue weighted by atomic mass is 127. The first-order valence-electron chi connectivity index (χ1n) is 3.53. The Balaban J connectivity index is 3.00. The van der Waals surface area contributed by atoms with E-state index in [1.807, 2.05) is 22.6 Å². The molecule has 0 aliphatic heterocycles. The Morgan fingerprint density at radius 2 is 2.25 bits per heavy atom. The average molecular weight is 278 g/mol. The van der Waals surface area contributed by atoms with Crippen LogP contribution in [0.25, 0.3) is 0 Å². The van der Waals surface area contributed by atoms with Gasteiger partial charge < -0.3 is 0 Å². The molecular formula is C9H8FIO. The summed E-state index contributed by atoms with van der Waals surface area (Å²) in [7, 11) is 0. The van der Waals surface area contributed by atoms with Crippen molar-refractivity contribution in [3.05, 3.63) is 33.1 Å². The van der Waals surface area contributed by atoms with Crippen molar-refractivity contribution < 1.29 is 9.18 Å². The number of Topliss-reactive ketones (excluding diaryl/α,β-unsaturated/α-hetero) is 1. The van der Waals surface area contributed by atoms with Gasteiger partial charge >= 0.3 is 0 Å². The highest BCUT2D eigenvalue weighted by Crippen LogP contribution is 2.16. The lowest BCUT2D eigenvalue weighted by Crippen LogP contribution is -1.99. The molecule has 0 bridgehead atoms. The van der Waals surface area contributed by atoms with Crippen molar-refractivity contribution in [1.29, 1.82) is 0 Å². The van der Waals surface area contributed by atoms with E-state index in [-0.39, 0.29) is 11.6 Å². The second-order valence-corrected chi connectivity index (χ2v) is 3.67. The first kappa shape index (κ1) is 9.64. The molecule has 0 N–H and O–H groups in total. The molecule has 1 aromatic carbocycles. The molecule has 0 aromatic heterocycles. The Labute approximate surface area is 84.1 Å². The molecule has 0 aliphatic rings. The van der Waals surface area contributed by atoms with Gasteiger partial charge in [-0.2, -0.15) is 0 Å². The molecule has 0 saturated carbocycles. The third-order valence-corrected chi connectivity index (χ3v) is 2.68. The Kier molecular flexibility index (Phi) is 3.20. The van der Waals surface area contributed by atoms with Crippen LogP contribution in [0.3, 0.4) is 0 Å². The summed E-state index contributed by atoms with van der Waals surface area (Å²) in [6.45, 7) is 1.50. The van der Waals surface area contributed by atoms with Gasteiger partial charge in [-0.1, -0.05) is 12.1 Å². The third kappa shape index (κ3) is 2.27. The molecule has 0 aliphatic carbocycles. The maximum Gasteiger partial charge on any atom is 0.136 e. The van der Waals surface area contributed by atoms with Crippen LogP contribution in [0.4, 0.5) is 4.39 Å². The van der Waals surface area contributed by atoms with Gasteiger partial charge in [-0.15, -0.1) is 0 Å². The molecule has 0 heterocycles. The molecule has 1 nitrogen and oxygen atoms in total. The van der Waals surface area contributed by atoms with Crippen LogP contribution in [0.5, 0.6) is 0 Å². The van der Waals surface area contributed by atoms with Crippen molar-refractivity contribution in [1.82, 2.24) is 0 Å². The second kappa shape index (κ2) is 3.98. The Hall–Kier alpha value is -0.450. The van der Waals surface area contributed by atoms with Crippen LogP contribution in [-0.2, 0) is 11.2 Å². The van der Waals surface area contributed by atoms with Gasteiger partial charge in [-0.05, 0) is 41.1 Å². The monoisotopic (exact) mass is 278 g/mol. The van der Waals surface area contributed by atoms with Crippen LogP contribution in [0.15, 0.2) is 18.2 Å². The van der Waals surface area contributed by atoms with Gasteiger partial charge in [0.25, 0.3) is 0 Å². The lowest BCUT2D eigenvalue weighted by Gasteiger charge is -2.01. The average Bonchev–Trinajstić information content (AvgIpc) is 1.98. The zero-order chi connectivity index (χ0) is 9.14. The molecule has 0 unspecified atom stereocenters. The van der Waals surface area contributed by atoms with Crippen molar-refractivity contribution >= 4 is 28.4 Å². The lowest BCUT2D eigenvalue weighted by atomic mass is 10.1. The maximum absolute atomic E-state index is 12.9. The predicted molar refractivity (Wildman–Crippen MR) is 53.5 cm³/mol. The minimum atomic E-state index is -0.255. The summed E-state index contributed by atoms with van der Waals surface area (Å²) >= 11 is 1.91. The number of halogens is 2. The Morgan fingerprint density at radius 1 is 1.58 bits per heavy atom. The molecule has 0 saturated heterocycles. The van der Waals surface area contributed by atoms with Crippen molar-refractivity contribution in [3.8, 4) is 0 Å². The molecule has 1 rings (SSSR count). The van der Waals surface area contributed by atoms with Gasteiger partial charge in [0.05, 0.1) is 3.57 Å². The zero-order valence-electron chi connectivity index (χ0n) is 6.60. The van der Waals surface area contributed by atoms with Crippen LogP contribution < -0.4 is 0 Å². The highest BCUT2D eigenvalue weighted by Gasteiger charge is 2.05. The number of carbonyl (C=O) groups excluding carboxylic acids is 1. The first-order chi connectivity index (χ1) is 5.61. The van der Waals surface area contributed by atoms with E-state index in [9.17, 15) is 9.18 Å². The number of hydrogen-bond acceptors (Lipinski definition) is 1. The van der Waals surface area contributed by atoms with Crippen LogP contribution >= 0.6 is 22.6 Å². The fourth-order valence-corrected chi connectivity index (χ4v) is 1.50. The van der Waals surface area contributed by atoms with Gasteiger partial charge in [0, 0.05) is 6.42 Å². The molecule has 3 heteroatoms. The molecule has 0 fully saturated rings. The van der Waals surface area contributed by atoms with E-state index in [4.69, 9.17) is 0 Å². The van der Waals surface area contributed by atoms with Crippen LogP contribution in [-0.4, -0.2) is 5.78 Å². The number of hydrogen-bond donors (Lipinski definition) is 0. The molecule has 0 radical (unpaired) electrons. The van der Waals surface area contributed by atoms with E-state index < -0.39 is 0 Å². The largest absolute Gasteiger partial charge is 0.300 e.